The molecule has 0 saturated carbocycles. The average molecular weight is 510 g/mol. The molecule has 3 N–H and O–H groups in total. The summed E-state index contributed by atoms with van der Waals surface area (Å²) in [7, 11) is 1.57. The maximum Gasteiger partial charge on any atom is 0.423 e. The van der Waals surface area contributed by atoms with Gasteiger partial charge in [-0.05, 0) is 43.0 Å². The van der Waals surface area contributed by atoms with E-state index in [1.807, 2.05) is 0 Å². The number of aromatic amines is 2. The molecule has 36 heavy (non-hydrogen) atoms. The van der Waals surface area contributed by atoms with Gasteiger partial charge >= 0.3 is 6.18 Å². The van der Waals surface area contributed by atoms with E-state index in [1.165, 1.54) is 36.4 Å². The summed E-state index contributed by atoms with van der Waals surface area (Å²) in [5.41, 5.74) is -2.24. The molecule has 192 valence electrons. The van der Waals surface area contributed by atoms with Gasteiger partial charge in [-0.3, -0.25) is 14.7 Å². The van der Waals surface area contributed by atoms with Gasteiger partial charge in [-0.2, -0.15) is 23.4 Å². The van der Waals surface area contributed by atoms with Gasteiger partial charge in [0.05, 0.1) is 17.6 Å². The van der Waals surface area contributed by atoms with E-state index in [4.69, 9.17) is 0 Å². The van der Waals surface area contributed by atoms with E-state index in [0.717, 1.165) is 12.3 Å². The third-order valence-electron chi connectivity index (χ3n) is 5.24. The van der Waals surface area contributed by atoms with Crippen molar-refractivity contribution in [2.45, 2.75) is 31.7 Å². The van der Waals surface area contributed by atoms with Crippen LogP contribution in [0.3, 0.4) is 0 Å². The summed E-state index contributed by atoms with van der Waals surface area (Å²) in [6.45, 7) is 1.36. The molecule has 8 nitrogen and oxygen atoms in total. The second kappa shape index (κ2) is 11.1. The van der Waals surface area contributed by atoms with Crippen LogP contribution in [-0.2, 0) is 6.18 Å². The van der Waals surface area contributed by atoms with E-state index in [0.29, 0.717) is 17.5 Å². The lowest BCUT2D eigenvalue weighted by Gasteiger charge is -2.22. The van der Waals surface area contributed by atoms with Gasteiger partial charge in [-0.1, -0.05) is 0 Å². The van der Waals surface area contributed by atoms with Crippen LogP contribution in [0.1, 0.15) is 34.8 Å². The number of hydrogen-bond acceptors (Lipinski definition) is 6. The summed E-state index contributed by atoms with van der Waals surface area (Å²) >= 11 is 0. The molecule has 0 radical (unpaired) electrons. The number of aromatic nitrogens is 4. The van der Waals surface area contributed by atoms with Crippen LogP contribution in [-0.4, -0.2) is 57.4 Å². The molecule has 0 bridgehead atoms. The van der Waals surface area contributed by atoms with Crippen molar-refractivity contribution in [3.05, 3.63) is 69.7 Å². The first kappa shape index (κ1) is 26.6. The van der Waals surface area contributed by atoms with Crippen LogP contribution >= 0.6 is 0 Å². The zero-order valence-electron chi connectivity index (χ0n) is 19.2. The summed E-state index contributed by atoms with van der Waals surface area (Å²) in [4.78, 5) is 24.4. The minimum atomic E-state index is -4.91. The van der Waals surface area contributed by atoms with E-state index in [-0.39, 0.29) is 24.1 Å². The van der Waals surface area contributed by atoms with Crippen LogP contribution < -0.4 is 10.9 Å². The topological polar surface area (TPSA) is 107 Å². The minimum absolute atomic E-state index is 0.0990. The third-order valence-corrected chi connectivity index (χ3v) is 5.24. The zero-order valence-corrected chi connectivity index (χ0v) is 19.2. The first-order valence-corrected chi connectivity index (χ1v) is 10.7. The van der Waals surface area contributed by atoms with Crippen molar-refractivity contribution in [3.63, 3.8) is 0 Å². The van der Waals surface area contributed by atoms with Crippen molar-refractivity contribution in [2.75, 3.05) is 18.9 Å². The van der Waals surface area contributed by atoms with Gasteiger partial charge in [0.25, 0.3) is 5.56 Å². The molecule has 0 aliphatic rings. The van der Waals surface area contributed by atoms with Gasteiger partial charge in [0, 0.05) is 43.4 Å². The highest BCUT2D eigenvalue weighted by Gasteiger charge is 2.37. The number of nitrogens with zero attached hydrogens (tertiary/aromatic N) is 3. The Balaban J connectivity index is 1.65. The number of carbonyl (C=O) groups is 1. The summed E-state index contributed by atoms with van der Waals surface area (Å²) in [5, 5.41) is 14.0. The molecule has 1 aromatic carbocycles. The third kappa shape index (κ3) is 6.55. The Morgan fingerprint density at radius 2 is 1.94 bits per heavy atom. The predicted octanol–water partition coefficient (Wildman–Crippen LogP) is 4.26. The first-order chi connectivity index (χ1) is 17.0. The van der Waals surface area contributed by atoms with Crippen LogP contribution in [0.15, 0.2) is 41.6 Å². The number of aldehydes is 1. The van der Waals surface area contributed by atoms with Crippen molar-refractivity contribution < 1.29 is 26.7 Å². The monoisotopic (exact) mass is 510 g/mol. The van der Waals surface area contributed by atoms with Crippen LogP contribution in [0, 0.1) is 5.82 Å². The van der Waals surface area contributed by atoms with Gasteiger partial charge in [0.15, 0.2) is 6.29 Å². The Labute approximate surface area is 202 Å². The van der Waals surface area contributed by atoms with E-state index < -0.39 is 41.0 Å². The van der Waals surface area contributed by atoms with Crippen molar-refractivity contribution in [3.8, 4) is 11.3 Å². The smallest absolute Gasteiger partial charge is 0.381 e. The number of halogens is 5. The van der Waals surface area contributed by atoms with Crippen molar-refractivity contribution in [1.29, 1.82) is 0 Å². The Kier molecular flexibility index (Phi) is 8.22. The average Bonchev–Trinajstić information content (AvgIpc) is 3.31. The molecule has 0 aliphatic carbocycles. The second-order valence-electron chi connectivity index (χ2n) is 8.17. The molecule has 2 heterocycles. The van der Waals surface area contributed by atoms with E-state index in [2.05, 4.69) is 20.6 Å². The molecule has 3 rings (SSSR count). The Morgan fingerprint density at radius 1 is 1.19 bits per heavy atom. The molecule has 3 aromatic rings. The molecule has 0 aliphatic heterocycles. The molecular formula is C23H23F5N6O2. The molecule has 0 amide bonds. The lowest BCUT2D eigenvalue weighted by atomic mass is 10.0. The number of nitrogens with one attached hydrogen (secondary N) is 3. The number of anilines is 1. The number of hydrogen-bond donors (Lipinski definition) is 3. The highest BCUT2D eigenvalue weighted by Crippen LogP contribution is 2.32. The summed E-state index contributed by atoms with van der Waals surface area (Å²) in [6.07, 6.45) is -0.708. The number of carbonyl (C=O) groups excluding carboxylic acids is 1. The maximum atomic E-state index is 14.7. The van der Waals surface area contributed by atoms with Crippen LogP contribution in [0.4, 0.5) is 27.6 Å². The van der Waals surface area contributed by atoms with Crippen LogP contribution in [0.2, 0.25) is 0 Å². The largest absolute Gasteiger partial charge is 0.423 e. The van der Waals surface area contributed by atoms with E-state index in [9.17, 15) is 31.5 Å². The highest BCUT2D eigenvalue weighted by atomic mass is 19.4. The molecule has 2 unspecified atom stereocenters. The second-order valence-corrected chi connectivity index (χ2v) is 8.17. The fourth-order valence-electron chi connectivity index (χ4n) is 3.62. The molecule has 2 atom stereocenters. The molecule has 2 aromatic heterocycles. The van der Waals surface area contributed by atoms with E-state index >= 15 is 0 Å². The number of H-pyrrole nitrogens is 2. The quantitative estimate of drug-likeness (QED) is 0.278. The van der Waals surface area contributed by atoms with Gasteiger partial charge in [0.2, 0.25) is 0 Å². The van der Waals surface area contributed by atoms with Gasteiger partial charge in [-0.25, -0.2) is 13.9 Å². The lowest BCUT2D eigenvalue weighted by molar-refractivity contribution is -0.138. The van der Waals surface area contributed by atoms with E-state index in [1.54, 1.807) is 18.2 Å². The van der Waals surface area contributed by atoms with Crippen molar-refractivity contribution in [1.82, 2.24) is 25.3 Å². The molecular weight excluding hydrogens is 487 g/mol. The predicted molar refractivity (Wildman–Crippen MR) is 123 cm³/mol. The Hall–Kier alpha value is -4.03. The van der Waals surface area contributed by atoms with Crippen molar-refractivity contribution in [2.24, 2.45) is 0 Å². The Morgan fingerprint density at radius 3 is 2.58 bits per heavy atom. The number of benzene rings is 1. The number of rotatable bonds is 10. The van der Waals surface area contributed by atoms with Crippen LogP contribution in [0.25, 0.3) is 17.3 Å². The van der Waals surface area contributed by atoms with Gasteiger partial charge in [-0.15, -0.1) is 0 Å². The van der Waals surface area contributed by atoms with Gasteiger partial charge in [0.1, 0.15) is 17.6 Å². The summed E-state index contributed by atoms with van der Waals surface area (Å²) in [6, 6.07) is 3.37. The SMILES string of the molecule is CC(CC(F)CN(C)/C=C\c1cc(-c2ccn[nH]2)c(F)cc1C=O)Nc1cn[nH]c(=O)c1C(F)(F)F. The fraction of sp³-hybridized carbons (Fsp3) is 0.304. The Bertz CT molecular complexity index is 1270. The lowest BCUT2D eigenvalue weighted by Crippen LogP contribution is -2.30. The molecule has 13 heteroatoms. The summed E-state index contributed by atoms with van der Waals surface area (Å²) in [5.74, 6) is -0.610. The standard InChI is InChI=1S/C23H23F5N6O2/c1-13(31-20-10-30-33-22(36)21(20)23(26,27)28)7-16(24)11-34(2)6-4-14-8-17(19-3-5-29-32-19)18(25)9-15(14)12-35/h3-6,8-10,12-13,16H,7,11H2,1-2H3,(H,29,32)(H2,31,33,36)/b6-4-. The summed E-state index contributed by atoms with van der Waals surface area (Å²) < 4.78 is 68.5. The molecule has 0 spiro atoms. The number of alkyl halides is 4. The van der Waals surface area contributed by atoms with Crippen molar-refractivity contribution >= 4 is 18.0 Å². The maximum absolute atomic E-state index is 14.7. The fourth-order valence-corrected chi connectivity index (χ4v) is 3.62. The minimum Gasteiger partial charge on any atom is -0.381 e. The molecule has 0 fully saturated rings. The highest BCUT2D eigenvalue weighted by molar-refractivity contribution is 5.84. The normalized spacial score (nSPS) is 13.5. The first-order valence-electron chi connectivity index (χ1n) is 10.7. The van der Waals surface area contributed by atoms with Gasteiger partial charge < -0.3 is 10.2 Å². The molecule has 0 saturated heterocycles. The van der Waals surface area contributed by atoms with Crippen LogP contribution in [0.5, 0.6) is 0 Å². The zero-order chi connectivity index (χ0) is 26.5.